The van der Waals surface area contributed by atoms with E-state index in [2.05, 4.69) is 27.9 Å². The lowest BCUT2D eigenvalue weighted by atomic mass is 10.1. The van der Waals surface area contributed by atoms with Crippen LogP contribution >= 0.6 is 0 Å². The fourth-order valence-corrected chi connectivity index (χ4v) is 6.37. The lowest BCUT2D eigenvalue weighted by Gasteiger charge is -2.32. The van der Waals surface area contributed by atoms with E-state index in [1.807, 2.05) is 48.7 Å². The minimum atomic E-state index is -3.47. The molecule has 1 amide bonds. The first-order chi connectivity index (χ1) is 18.3. The van der Waals surface area contributed by atoms with Crippen molar-refractivity contribution in [3.8, 4) is 0 Å². The van der Waals surface area contributed by atoms with Gasteiger partial charge in [-0.25, -0.2) is 13.9 Å². The number of benzene rings is 2. The van der Waals surface area contributed by atoms with Crippen molar-refractivity contribution in [3.63, 3.8) is 0 Å². The van der Waals surface area contributed by atoms with Gasteiger partial charge in [-0.15, -0.1) is 0 Å². The third kappa shape index (κ3) is 7.87. The summed E-state index contributed by atoms with van der Waals surface area (Å²) in [6, 6.07) is 15.7. The number of sulfonamides is 1. The molecule has 10 heteroatoms. The van der Waals surface area contributed by atoms with Gasteiger partial charge in [0.2, 0.25) is 15.9 Å². The highest BCUT2D eigenvalue weighted by Gasteiger charge is 2.23. The molecule has 1 saturated heterocycles. The van der Waals surface area contributed by atoms with Gasteiger partial charge < -0.3 is 14.8 Å². The van der Waals surface area contributed by atoms with Gasteiger partial charge in [-0.1, -0.05) is 42.5 Å². The van der Waals surface area contributed by atoms with E-state index in [0.717, 1.165) is 60.3 Å². The zero-order valence-electron chi connectivity index (χ0n) is 22.1. The van der Waals surface area contributed by atoms with Crippen molar-refractivity contribution in [3.05, 3.63) is 71.4 Å². The van der Waals surface area contributed by atoms with Crippen molar-refractivity contribution in [1.29, 1.82) is 0 Å². The van der Waals surface area contributed by atoms with Gasteiger partial charge in [0.1, 0.15) is 0 Å². The first-order valence-corrected chi connectivity index (χ1v) is 14.9. The van der Waals surface area contributed by atoms with Crippen LogP contribution < -0.4 is 5.48 Å². The maximum Gasteiger partial charge on any atom is 0.243 e. The molecule has 0 aliphatic carbocycles. The predicted octanol–water partition coefficient (Wildman–Crippen LogP) is 2.62. The second-order valence-electron chi connectivity index (χ2n) is 10.1. The molecule has 2 aromatic carbocycles. The van der Waals surface area contributed by atoms with E-state index < -0.39 is 15.9 Å². The number of hydroxylamine groups is 1. The van der Waals surface area contributed by atoms with E-state index in [0.29, 0.717) is 32.4 Å². The third-order valence-electron chi connectivity index (χ3n) is 7.32. The summed E-state index contributed by atoms with van der Waals surface area (Å²) < 4.78 is 28.7. The van der Waals surface area contributed by atoms with Crippen LogP contribution in [0.2, 0.25) is 0 Å². The Kier molecular flexibility index (Phi) is 9.92. The molecule has 1 aromatic heterocycles. The summed E-state index contributed by atoms with van der Waals surface area (Å²) in [6.07, 6.45) is 3.90. The summed E-state index contributed by atoms with van der Waals surface area (Å²) in [4.78, 5) is 19.2. The SMILES string of the molecule is CN1CCN(CCCS(=O)(=O)N(CCc2c[nH]c3ccccc23)Cc2ccc(CCC(=O)NO)cc2)CC1. The van der Waals surface area contributed by atoms with Crippen molar-refractivity contribution >= 4 is 26.8 Å². The van der Waals surface area contributed by atoms with E-state index in [4.69, 9.17) is 5.21 Å². The molecule has 3 aromatic rings. The highest BCUT2D eigenvalue weighted by molar-refractivity contribution is 7.89. The number of aromatic amines is 1. The van der Waals surface area contributed by atoms with Crippen LogP contribution in [0.5, 0.6) is 0 Å². The molecule has 38 heavy (non-hydrogen) atoms. The molecular weight excluding hydrogens is 502 g/mol. The van der Waals surface area contributed by atoms with Crippen molar-refractivity contribution in [2.45, 2.75) is 32.2 Å². The normalized spacial score (nSPS) is 15.3. The van der Waals surface area contributed by atoms with E-state index in [9.17, 15) is 13.2 Å². The molecule has 4 rings (SSSR count). The number of aryl methyl sites for hydroxylation is 1. The van der Waals surface area contributed by atoms with Crippen molar-refractivity contribution in [2.75, 3.05) is 52.1 Å². The predicted molar refractivity (Wildman–Crippen MR) is 149 cm³/mol. The molecule has 0 spiro atoms. The highest BCUT2D eigenvalue weighted by atomic mass is 32.2. The van der Waals surface area contributed by atoms with E-state index in [-0.39, 0.29) is 12.2 Å². The first kappa shape index (κ1) is 28.3. The second kappa shape index (κ2) is 13.3. The summed E-state index contributed by atoms with van der Waals surface area (Å²) in [5, 5.41) is 9.81. The molecule has 1 fully saturated rings. The van der Waals surface area contributed by atoms with Crippen LogP contribution in [0.4, 0.5) is 0 Å². The van der Waals surface area contributed by atoms with Crippen molar-refractivity contribution < 1.29 is 18.4 Å². The summed E-state index contributed by atoms with van der Waals surface area (Å²) in [7, 11) is -1.35. The number of amides is 1. The summed E-state index contributed by atoms with van der Waals surface area (Å²) in [5.74, 6) is -0.304. The topological polar surface area (TPSA) is 109 Å². The van der Waals surface area contributed by atoms with Gasteiger partial charge in [0.25, 0.3) is 0 Å². The first-order valence-electron chi connectivity index (χ1n) is 13.3. The van der Waals surface area contributed by atoms with Crippen LogP contribution in [0.1, 0.15) is 29.5 Å². The number of fused-ring (bicyclic) bond motifs is 1. The number of piperazine rings is 1. The average molecular weight is 542 g/mol. The van der Waals surface area contributed by atoms with Gasteiger partial charge in [0, 0.05) is 62.8 Å². The molecular formula is C28H39N5O4S. The van der Waals surface area contributed by atoms with Crippen LogP contribution in [-0.4, -0.2) is 90.7 Å². The molecule has 0 radical (unpaired) electrons. The number of carbonyl (C=O) groups is 1. The Morgan fingerprint density at radius 2 is 1.74 bits per heavy atom. The molecule has 3 N–H and O–H groups in total. The maximum atomic E-state index is 13.6. The van der Waals surface area contributed by atoms with Gasteiger partial charge >= 0.3 is 0 Å². The number of para-hydroxylation sites is 1. The van der Waals surface area contributed by atoms with Crippen molar-refractivity contribution in [1.82, 2.24) is 24.6 Å². The number of H-pyrrole nitrogens is 1. The van der Waals surface area contributed by atoms with E-state index in [1.54, 1.807) is 9.79 Å². The Labute approximate surface area is 225 Å². The monoisotopic (exact) mass is 541 g/mol. The van der Waals surface area contributed by atoms with Crippen LogP contribution in [0.25, 0.3) is 10.9 Å². The lowest BCUT2D eigenvalue weighted by molar-refractivity contribution is -0.129. The standard InChI is InChI=1S/C28H39N5O4S/c1-31-16-18-32(19-17-31)14-4-20-38(36,37)33(15-13-25-21-29-27-6-3-2-5-26(25)27)22-24-9-7-23(8-10-24)11-12-28(34)30-35/h2-3,5-10,21,29,35H,4,11-20,22H2,1H3,(H,30,34). The number of rotatable bonds is 13. The zero-order valence-corrected chi connectivity index (χ0v) is 22.9. The molecule has 0 bridgehead atoms. The number of nitrogens with zero attached hydrogens (tertiary/aromatic N) is 3. The summed E-state index contributed by atoms with van der Waals surface area (Å²) in [5.41, 5.74) is 5.66. The maximum absolute atomic E-state index is 13.6. The summed E-state index contributed by atoms with van der Waals surface area (Å²) in [6.45, 7) is 5.49. The molecule has 9 nitrogen and oxygen atoms in total. The van der Waals surface area contributed by atoms with Crippen LogP contribution in [0, 0.1) is 0 Å². The third-order valence-corrected chi connectivity index (χ3v) is 9.22. The molecule has 0 saturated carbocycles. The van der Waals surface area contributed by atoms with Gasteiger partial charge in [-0.3, -0.25) is 10.0 Å². The quantitative estimate of drug-likeness (QED) is 0.227. The van der Waals surface area contributed by atoms with Gasteiger partial charge in [0.15, 0.2) is 0 Å². The van der Waals surface area contributed by atoms with Crippen molar-refractivity contribution in [2.24, 2.45) is 0 Å². The van der Waals surface area contributed by atoms with E-state index >= 15 is 0 Å². The molecule has 2 heterocycles. The number of hydrogen-bond donors (Lipinski definition) is 3. The van der Waals surface area contributed by atoms with E-state index in [1.165, 1.54) is 0 Å². The average Bonchev–Trinajstić information content (AvgIpc) is 3.34. The number of likely N-dealkylation sites (N-methyl/N-ethyl adjacent to an activating group) is 1. The van der Waals surface area contributed by atoms with Crippen LogP contribution in [0.3, 0.4) is 0 Å². The van der Waals surface area contributed by atoms with Gasteiger partial charge in [-0.05, 0) is 55.6 Å². The molecule has 206 valence electrons. The largest absolute Gasteiger partial charge is 0.361 e. The van der Waals surface area contributed by atoms with Gasteiger partial charge in [-0.2, -0.15) is 4.31 Å². The molecule has 0 unspecified atom stereocenters. The fourth-order valence-electron chi connectivity index (χ4n) is 4.90. The number of aromatic nitrogens is 1. The second-order valence-corrected chi connectivity index (χ2v) is 12.2. The van der Waals surface area contributed by atoms with Crippen LogP contribution in [0.15, 0.2) is 54.7 Å². The van der Waals surface area contributed by atoms with Crippen LogP contribution in [-0.2, 0) is 34.2 Å². The summed E-state index contributed by atoms with van der Waals surface area (Å²) >= 11 is 0. The zero-order chi connectivity index (χ0) is 27.0. The molecule has 1 aliphatic rings. The number of nitrogens with one attached hydrogen (secondary N) is 2. The smallest absolute Gasteiger partial charge is 0.243 e. The van der Waals surface area contributed by atoms with Gasteiger partial charge in [0.05, 0.1) is 5.75 Å². The molecule has 0 atom stereocenters. The minimum absolute atomic E-state index is 0.127. The number of carbonyl (C=O) groups excluding carboxylic acids is 1. The Morgan fingerprint density at radius 3 is 2.47 bits per heavy atom. The lowest BCUT2D eigenvalue weighted by Crippen LogP contribution is -2.45. The minimum Gasteiger partial charge on any atom is -0.361 e. The Hall–Kier alpha value is -2.76. The Bertz CT molecular complexity index is 1280. The molecule has 1 aliphatic heterocycles. The highest BCUT2D eigenvalue weighted by Crippen LogP contribution is 2.20. The number of hydrogen-bond acceptors (Lipinski definition) is 6. The Balaban J connectivity index is 1.42. The fraction of sp³-hybridized carbons (Fsp3) is 0.464. The Morgan fingerprint density at radius 1 is 1.03 bits per heavy atom.